The predicted molar refractivity (Wildman–Crippen MR) is 127 cm³/mol. The molecule has 0 saturated carbocycles. The molecule has 0 unspecified atom stereocenters. The number of carbonyl (C=O) groups excluding carboxylic acids is 2. The summed E-state index contributed by atoms with van der Waals surface area (Å²) in [6.45, 7) is 1.99. The molecule has 2 aromatic rings. The number of amides is 2. The third kappa shape index (κ3) is 5.39. The fourth-order valence-corrected chi connectivity index (χ4v) is 7.05. The van der Waals surface area contributed by atoms with Crippen LogP contribution in [0.25, 0.3) is 0 Å². The molecule has 0 spiro atoms. The Bertz CT molecular complexity index is 1100. The topological polar surface area (TPSA) is 96.0 Å². The molecule has 2 aliphatic heterocycles. The number of nitrogens with one attached hydrogen (secondary N) is 1. The fraction of sp³-hybridized carbons (Fsp3) is 0.478. The van der Waals surface area contributed by atoms with Gasteiger partial charge >= 0.3 is 0 Å². The highest BCUT2D eigenvalue weighted by Crippen LogP contribution is 2.29. The van der Waals surface area contributed by atoms with Gasteiger partial charge in [0.25, 0.3) is 15.9 Å². The molecule has 3 heterocycles. The Balaban J connectivity index is 1.35. The van der Waals surface area contributed by atoms with Crippen LogP contribution in [0.15, 0.2) is 39.9 Å². The SMILES string of the molecule is COc1cccc(NC(=O)C2CCN(S(=O)(=O)c3cc(C(=O)N4CCCCC4)cs3)CC2)c1. The zero-order valence-electron chi connectivity index (χ0n) is 18.7. The van der Waals surface area contributed by atoms with Crippen molar-refractivity contribution in [3.05, 3.63) is 41.3 Å². The van der Waals surface area contributed by atoms with Gasteiger partial charge in [0.15, 0.2) is 0 Å². The molecule has 1 aromatic carbocycles. The zero-order chi connectivity index (χ0) is 23.4. The maximum atomic E-state index is 13.1. The summed E-state index contributed by atoms with van der Waals surface area (Å²) in [4.78, 5) is 27.2. The van der Waals surface area contributed by atoms with Crippen LogP contribution in [0.5, 0.6) is 5.75 Å². The van der Waals surface area contributed by atoms with E-state index in [0.717, 1.165) is 43.7 Å². The highest BCUT2D eigenvalue weighted by atomic mass is 32.2. The van der Waals surface area contributed by atoms with Gasteiger partial charge in [-0.05, 0) is 50.3 Å². The van der Waals surface area contributed by atoms with Crippen molar-refractivity contribution in [1.29, 1.82) is 0 Å². The Morgan fingerprint density at radius 1 is 1.06 bits per heavy atom. The van der Waals surface area contributed by atoms with E-state index in [1.54, 1.807) is 41.7 Å². The van der Waals surface area contributed by atoms with Crippen molar-refractivity contribution in [2.24, 2.45) is 5.92 Å². The Morgan fingerprint density at radius 3 is 2.48 bits per heavy atom. The van der Waals surface area contributed by atoms with E-state index in [2.05, 4.69) is 5.32 Å². The molecule has 8 nitrogen and oxygen atoms in total. The number of piperidine rings is 2. The minimum absolute atomic E-state index is 0.0969. The van der Waals surface area contributed by atoms with Crippen LogP contribution in [0.2, 0.25) is 0 Å². The fourth-order valence-electron chi connectivity index (χ4n) is 4.27. The molecule has 0 radical (unpaired) electrons. The smallest absolute Gasteiger partial charge is 0.254 e. The minimum atomic E-state index is -3.69. The largest absolute Gasteiger partial charge is 0.497 e. The first-order valence-corrected chi connectivity index (χ1v) is 13.5. The molecule has 0 bridgehead atoms. The normalized spacial score (nSPS) is 18.2. The van der Waals surface area contributed by atoms with Crippen molar-refractivity contribution < 1.29 is 22.7 Å². The van der Waals surface area contributed by atoms with Gasteiger partial charge in [-0.15, -0.1) is 11.3 Å². The van der Waals surface area contributed by atoms with Gasteiger partial charge in [-0.25, -0.2) is 8.42 Å². The van der Waals surface area contributed by atoms with Crippen LogP contribution < -0.4 is 10.1 Å². The molecule has 2 aliphatic rings. The van der Waals surface area contributed by atoms with E-state index in [1.165, 1.54) is 10.4 Å². The third-order valence-electron chi connectivity index (χ3n) is 6.22. The lowest BCUT2D eigenvalue weighted by Crippen LogP contribution is -2.41. The Kier molecular flexibility index (Phi) is 7.35. The highest BCUT2D eigenvalue weighted by Gasteiger charge is 2.33. The van der Waals surface area contributed by atoms with E-state index in [9.17, 15) is 18.0 Å². The van der Waals surface area contributed by atoms with Crippen LogP contribution in [0.3, 0.4) is 0 Å². The summed E-state index contributed by atoms with van der Waals surface area (Å²) in [5.41, 5.74) is 1.09. The predicted octanol–water partition coefficient (Wildman–Crippen LogP) is 3.42. The van der Waals surface area contributed by atoms with Crippen LogP contribution in [-0.2, 0) is 14.8 Å². The Hall–Kier alpha value is -2.43. The van der Waals surface area contributed by atoms with Gasteiger partial charge in [0, 0.05) is 49.2 Å². The van der Waals surface area contributed by atoms with Crippen LogP contribution in [0.1, 0.15) is 42.5 Å². The first-order valence-electron chi connectivity index (χ1n) is 11.2. The number of nitrogens with zero attached hydrogens (tertiary/aromatic N) is 2. The van der Waals surface area contributed by atoms with Crippen molar-refractivity contribution in [2.75, 3.05) is 38.6 Å². The lowest BCUT2D eigenvalue weighted by atomic mass is 9.97. The first kappa shape index (κ1) is 23.7. The molecule has 178 valence electrons. The number of benzene rings is 1. The maximum Gasteiger partial charge on any atom is 0.254 e. The van der Waals surface area contributed by atoms with Crippen molar-refractivity contribution in [3.63, 3.8) is 0 Å². The van der Waals surface area contributed by atoms with E-state index in [4.69, 9.17) is 4.74 Å². The number of ether oxygens (including phenoxy) is 1. The standard InChI is InChI=1S/C23H29N3O5S2/c1-31-20-7-5-6-19(15-20)24-22(27)17-8-12-26(13-9-17)33(29,30)21-14-18(16-32-21)23(28)25-10-3-2-4-11-25/h5-7,14-17H,2-4,8-13H2,1H3,(H,24,27). The molecular formula is C23H29N3O5S2. The molecule has 2 amide bonds. The number of hydrogen-bond donors (Lipinski definition) is 1. The molecule has 0 aliphatic carbocycles. The second-order valence-corrected chi connectivity index (χ2v) is 11.5. The van der Waals surface area contributed by atoms with E-state index in [0.29, 0.717) is 29.8 Å². The van der Waals surface area contributed by atoms with E-state index in [-0.39, 0.29) is 35.0 Å². The number of carbonyl (C=O) groups is 2. The second-order valence-electron chi connectivity index (χ2n) is 8.41. The average molecular weight is 492 g/mol. The summed E-state index contributed by atoms with van der Waals surface area (Å²) in [5, 5.41) is 4.53. The van der Waals surface area contributed by atoms with Gasteiger partial charge in [0.05, 0.1) is 12.7 Å². The number of methoxy groups -OCH3 is 1. The summed E-state index contributed by atoms with van der Waals surface area (Å²) in [6.07, 6.45) is 3.99. The monoisotopic (exact) mass is 491 g/mol. The van der Waals surface area contributed by atoms with Gasteiger partial charge in [-0.2, -0.15) is 4.31 Å². The lowest BCUT2D eigenvalue weighted by molar-refractivity contribution is -0.120. The Morgan fingerprint density at radius 2 is 1.79 bits per heavy atom. The maximum absolute atomic E-state index is 13.1. The van der Waals surface area contributed by atoms with Crippen LogP contribution >= 0.6 is 11.3 Å². The van der Waals surface area contributed by atoms with Crippen LogP contribution in [0.4, 0.5) is 5.69 Å². The molecule has 10 heteroatoms. The van der Waals surface area contributed by atoms with Gasteiger partial charge in [-0.3, -0.25) is 9.59 Å². The minimum Gasteiger partial charge on any atom is -0.497 e. The summed E-state index contributed by atoms with van der Waals surface area (Å²) in [5.74, 6) is 0.177. The summed E-state index contributed by atoms with van der Waals surface area (Å²) in [6, 6.07) is 8.64. The number of hydrogen-bond acceptors (Lipinski definition) is 6. The number of rotatable bonds is 6. The summed E-state index contributed by atoms with van der Waals surface area (Å²) >= 11 is 1.09. The molecule has 1 aromatic heterocycles. The van der Waals surface area contributed by atoms with Crippen molar-refractivity contribution in [2.45, 2.75) is 36.3 Å². The van der Waals surface area contributed by atoms with Gasteiger partial charge in [-0.1, -0.05) is 6.07 Å². The Labute approximate surface area is 198 Å². The third-order valence-corrected chi connectivity index (χ3v) is 9.54. The molecule has 33 heavy (non-hydrogen) atoms. The molecule has 1 N–H and O–H groups in total. The van der Waals surface area contributed by atoms with Crippen LogP contribution in [0, 0.1) is 5.92 Å². The van der Waals surface area contributed by atoms with Crippen molar-refractivity contribution in [3.8, 4) is 5.75 Å². The second kappa shape index (κ2) is 10.2. The molecule has 2 fully saturated rings. The molecule has 0 atom stereocenters. The average Bonchev–Trinajstić information content (AvgIpc) is 3.35. The number of thiophene rings is 1. The van der Waals surface area contributed by atoms with E-state index in [1.807, 2.05) is 0 Å². The highest BCUT2D eigenvalue weighted by molar-refractivity contribution is 7.91. The van der Waals surface area contributed by atoms with Crippen molar-refractivity contribution >= 4 is 38.9 Å². The quantitative estimate of drug-likeness (QED) is 0.668. The number of sulfonamides is 1. The molecule has 2 saturated heterocycles. The molecular weight excluding hydrogens is 462 g/mol. The summed E-state index contributed by atoms with van der Waals surface area (Å²) < 4.78 is 33.1. The zero-order valence-corrected chi connectivity index (χ0v) is 20.3. The van der Waals surface area contributed by atoms with E-state index < -0.39 is 10.0 Å². The van der Waals surface area contributed by atoms with Gasteiger partial charge in [0.2, 0.25) is 5.91 Å². The molecule has 4 rings (SSSR count). The number of likely N-dealkylation sites (tertiary alicyclic amines) is 1. The number of anilines is 1. The lowest BCUT2D eigenvalue weighted by Gasteiger charge is -2.30. The summed E-state index contributed by atoms with van der Waals surface area (Å²) in [7, 11) is -2.12. The van der Waals surface area contributed by atoms with Gasteiger partial charge in [0.1, 0.15) is 9.96 Å². The van der Waals surface area contributed by atoms with Crippen molar-refractivity contribution in [1.82, 2.24) is 9.21 Å². The van der Waals surface area contributed by atoms with Crippen LogP contribution in [-0.4, -0.2) is 62.7 Å². The van der Waals surface area contributed by atoms with Gasteiger partial charge < -0.3 is 15.0 Å². The van der Waals surface area contributed by atoms with E-state index >= 15 is 0 Å². The first-order chi connectivity index (χ1) is 15.9.